The summed E-state index contributed by atoms with van der Waals surface area (Å²) in [6.07, 6.45) is 1.53. The maximum Gasteiger partial charge on any atom is 0.158 e. The molecule has 2 nitrogen and oxygen atoms in total. The third kappa shape index (κ3) is 1.85. The Labute approximate surface area is 72.7 Å². The Morgan fingerprint density at radius 2 is 2.55 bits per heavy atom. The van der Waals surface area contributed by atoms with E-state index in [0.717, 1.165) is 0 Å². The monoisotopic (exact) mass is 193 g/mol. The molecule has 0 aromatic carbocycles. The summed E-state index contributed by atoms with van der Waals surface area (Å²) >= 11 is 5.97. The molecule has 0 aliphatic carbocycles. The zero-order valence-electron chi connectivity index (χ0n) is 5.93. The van der Waals surface area contributed by atoms with Gasteiger partial charge in [0.25, 0.3) is 0 Å². The third-order valence-corrected chi connectivity index (χ3v) is 2.76. The van der Waals surface area contributed by atoms with Crippen LogP contribution in [0.1, 0.15) is 11.8 Å². The quantitative estimate of drug-likeness (QED) is 0.705. The van der Waals surface area contributed by atoms with Crippen LogP contribution in [-0.4, -0.2) is 16.8 Å². The van der Waals surface area contributed by atoms with Crippen molar-refractivity contribution in [2.24, 2.45) is 0 Å². The fourth-order valence-corrected chi connectivity index (χ4v) is 1.65. The van der Waals surface area contributed by atoms with Crippen LogP contribution < -0.4 is 0 Å². The molecule has 0 spiro atoms. The van der Waals surface area contributed by atoms with Crippen molar-refractivity contribution in [3.8, 4) is 0 Å². The molecule has 62 valence electrons. The van der Waals surface area contributed by atoms with Crippen LogP contribution in [0.2, 0.25) is 0 Å². The second-order valence-corrected chi connectivity index (χ2v) is 4.17. The molecule has 0 aliphatic heterocycles. The van der Waals surface area contributed by atoms with Crippen molar-refractivity contribution in [1.29, 1.82) is 0 Å². The van der Waals surface area contributed by atoms with Gasteiger partial charge in [-0.3, -0.25) is 0 Å². The first kappa shape index (κ1) is 8.83. The lowest BCUT2D eigenvalue weighted by Crippen LogP contribution is -2.21. The van der Waals surface area contributed by atoms with E-state index < -0.39 is 12.3 Å². The van der Waals surface area contributed by atoms with Crippen molar-refractivity contribution < 1.29 is 9.50 Å². The molecule has 0 aliphatic rings. The van der Waals surface area contributed by atoms with Crippen LogP contribution in [0, 0.1) is 3.95 Å². The molecule has 5 heteroatoms. The highest BCUT2D eigenvalue weighted by atomic mass is 32.1. The number of hydrogen-bond donors (Lipinski definition) is 2. The van der Waals surface area contributed by atoms with E-state index in [4.69, 9.17) is 12.2 Å². The highest BCUT2D eigenvalue weighted by molar-refractivity contribution is 7.73. The largest absolute Gasteiger partial charge is 0.382 e. The Bertz CT molecular complexity index is 291. The maximum atomic E-state index is 12.2. The predicted molar refractivity (Wildman–Crippen MR) is 45.0 cm³/mol. The number of rotatable bonds is 2. The lowest BCUT2D eigenvalue weighted by Gasteiger charge is -2.15. The minimum Gasteiger partial charge on any atom is -0.382 e. The van der Waals surface area contributed by atoms with Gasteiger partial charge in [0.15, 0.2) is 3.95 Å². The fourth-order valence-electron chi connectivity index (χ4n) is 0.615. The lowest BCUT2D eigenvalue weighted by atomic mass is 10.1. The van der Waals surface area contributed by atoms with Crippen LogP contribution in [0.4, 0.5) is 4.39 Å². The van der Waals surface area contributed by atoms with E-state index in [0.29, 0.717) is 8.83 Å². The number of thiazole rings is 1. The van der Waals surface area contributed by atoms with Crippen molar-refractivity contribution in [3.63, 3.8) is 0 Å². The molecule has 0 amide bonds. The molecular formula is C6H8FNOS2. The van der Waals surface area contributed by atoms with E-state index >= 15 is 0 Å². The average molecular weight is 193 g/mol. The summed E-state index contributed by atoms with van der Waals surface area (Å²) in [4.78, 5) is 3.25. The second-order valence-electron chi connectivity index (χ2n) is 2.45. The van der Waals surface area contributed by atoms with E-state index in [1.54, 1.807) is 0 Å². The molecular weight excluding hydrogens is 185 g/mol. The number of H-pyrrole nitrogens is 1. The van der Waals surface area contributed by atoms with Crippen molar-refractivity contribution in [2.75, 3.05) is 6.67 Å². The standard InChI is InChI=1S/C6H8FNOS2/c1-6(9,3-7)4-2-8-5(10)11-4/h2,9H,3H2,1H3,(H,8,10). The molecule has 1 aromatic heterocycles. The Balaban J connectivity index is 3.01. The molecule has 0 saturated carbocycles. The molecule has 0 bridgehead atoms. The van der Waals surface area contributed by atoms with Gasteiger partial charge < -0.3 is 10.1 Å². The molecule has 1 rings (SSSR count). The zero-order chi connectivity index (χ0) is 8.48. The lowest BCUT2D eigenvalue weighted by molar-refractivity contribution is 0.0333. The molecule has 1 atom stereocenters. The predicted octanol–water partition coefficient (Wildman–Crippen LogP) is 1.98. The average Bonchev–Trinajstić information content (AvgIpc) is 2.36. The first-order valence-corrected chi connectivity index (χ1v) is 4.26. The zero-order valence-corrected chi connectivity index (χ0v) is 7.56. The Kier molecular flexibility index (Phi) is 2.41. The van der Waals surface area contributed by atoms with Crippen LogP contribution in [0.5, 0.6) is 0 Å². The molecule has 1 aromatic rings. The molecule has 1 unspecified atom stereocenters. The number of halogens is 1. The molecule has 0 radical (unpaired) electrons. The summed E-state index contributed by atoms with van der Waals surface area (Å²) in [6.45, 7) is 0.623. The van der Waals surface area contributed by atoms with Gasteiger partial charge in [-0.15, -0.1) is 11.3 Å². The normalized spacial score (nSPS) is 16.3. The van der Waals surface area contributed by atoms with Gasteiger partial charge in [0.2, 0.25) is 0 Å². The van der Waals surface area contributed by atoms with Gasteiger partial charge in [-0.25, -0.2) is 4.39 Å². The molecule has 11 heavy (non-hydrogen) atoms. The first-order valence-electron chi connectivity index (χ1n) is 3.03. The third-order valence-electron chi connectivity index (χ3n) is 1.31. The summed E-state index contributed by atoms with van der Waals surface area (Å²) in [5, 5.41) is 9.38. The fraction of sp³-hybridized carbons (Fsp3) is 0.500. The SMILES string of the molecule is CC(O)(CF)c1c[nH]c(=S)s1. The van der Waals surface area contributed by atoms with Gasteiger partial charge in [0.05, 0.1) is 4.88 Å². The molecule has 2 N–H and O–H groups in total. The van der Waals surface area contributed by atoms with E-state index in [2.05, 4.69) is 4.98 Å². The minimum absolute atomic E-state index is 0.532. The summed E-state index contributed by atoms with van der Waals surface area (Å²) in [5.41, 5.74) is -1.39. The van der Waals surface area contributed by atoms with Crippen molar-refractivity contribution in [2.45, 2.75) is 12.5 Å². The number of hydrogen-bond acceptors (Lipinski definition) is 3. The van der Waals surface area contributed by atoms with Gasteiger partial charge >= 0.3 is 0 Å². The van der Waals surface area contributed by atoms with E-state index in [1.165, 1.54) is 24.5 Å². The molecule has 1 heterocycles. The summed E-state index contributed by atoms with van der Waals surface area (Å²) in [7, 11) is 0. The second kappa shape index (κ2) is 3.00. The smallest absolute Gasteiger partial charge is 0.158 e. The Morgan fingerprint density at radius 3 is 2.91 bits per heavy atom. The van der Waals surface area contributed by atoms with Gasteiger partial charge in [0.1, 0.15) is 12.3 Å². The number of aliphatic hydroxyl groups is 1. The van der Waals surface area contributed by atoms with Crippen LogP contribution in [0.15, 0.2) is 6.20 Å². The first-order chi connectivity index (χ1) is 5.06. The summed E-state index contributed by atoms with van der Waals surface area (Å²) in [5.74, 6) is 0. The van der Waals surface area contributed by atoms with Gasteiger partial charge in [0, 0.05) is 6.20 Å². The number of alkyl halides is 1. The Morgan fingerprint density at radius 1 is 1.91 bits per heavy atom. The topological polar surface area (TPSA) is 36.0 Å². The Hall–Kier alpha value is -0.260. The maximum absolute atomic E-state index is 12.2. The van der Waals surface area contributed by atoms with Crippen LogP contribution in [0.3, 0.4) is 0 Å². The van der Waals surface area contributed by atoms with Gasteiger partial charge in [-0.1, -0.05) is 0 Å². The van der Waals surface area contributed by atoms with Gasteiger partial charge in [-0.2, -0.15) is 0 Å². The minimum atomic E-state index is -1.39. The van der Waals surface area contributed by atoms with Crippen LogP contribution >= 0.6 is 23.6 Å². The van der Waals surface area contributed by atoms with Crippen molar-refractivity contribution >= 4 is 23.6 Å². The number of nitrogens with one attached hydrogen (secondary N) is 1. The molecule has 0 fully saturated rings. The van der Waals surface area contributed by atoms with Crippen molar-refractivity contribution in [1.82, 2.24) is 4.98 Å². The van der Waals surface area contributed by atoms with Crippen LogP contribution in [-0.2, 0) is 5.60 Å². The van der Waals surface area contributed by atoms with Crippen molar-refractivity contribution in [3.05, 3.63) is 15.0 Å². The summed E-state index contributed by atoms with van der Waals surface area (Å²) < 4.78 is 12.7. The van der Waals surface area contributed by atoms with E-state index in [9.17, 15) is 9.50 Å². The van der Waals surface area contributed by atoms with Gasteiger partial charge in [-0.05, 0) is 19.1 Å². The number of aromatic nitrogens is 1. The highest BCUT2D eigenvalue weighted by Gasteiger charge is 2.24. The van der Waals surface area contributed by atoms with E-state index in [-0.39, 0.29) is 0 Å². The summed E-state index contributed by atoms with van der Waals surface area (Å²) in [6, 6.07) is 0. The molecule has 0 saturated heterocycles. The van der Waals surface area contributed by atoms with Crippen LogP contribution in [0.25, 0.3) is 0 Å². The van der Waals surface area contributed by atoms with E-state index in [1.807, 2.05) is 0 Å². The highest BCUT2D eigenvalue weighted by Crippen LogP contribution is 2.24. The number of aromatic amines is 1.